The van der Waals surface area contributed by atoms with E-state index in [9.17, 15) is 18.0 Å². The Balaban J connectivity index is 1.76. The van der Waals surface area contributed by atoms with Crippen molar-refractivity contribution in [3.8, 4) is 0 Å². The summed E-state index contributed by atoms with van der Waals surface area (Å²) < 4.78 is 32.2. The summed E-state index contributed by atoms with van der Waals surface area (Å²) in [6, 6.07) is 8.33. The third kappa shape index (κ3) is 5.66. The molecule has 1 amide bonds. The molecule has 0 aliphatic carbocycles. The fourth-order valence-electron chi connectivity index (χ4n) is 3.86. The summed E-state index contributed by atoms with van der Waals surface area (Å²) in [5.41, 5.74) is 0.823. The van der Waals surface area contributed by atoms with Crippen LogP contribution in [0.3, 0.4) is 0 Å². The molecule has 1 aliphatic heterocycles. The minimum Gasteiger partial charge on any atom is -0.465 e. The molecule has 2 aromatic rings. The summed E-state index contributed by atoms with van der Waals surface area (Å²) in [6.45, 7) is 7.96. The Kier molecular flexibility index (Phi) is 8.86. The molecule has 0 unspecified atom stereocenters. The van der Waals surface area contributed by atoms with Gasteiger partial charge in [-0.05, 0) is 50.7 Å². The zero-order valence-electron chi connectivity index (χ0n) is 20.2. The van der Waals surface area contributed by atoms with Crippen molar-refractivity contribution in [2.75, 3.05) is 51.7 Å². The molecule has 0 saturated carbocycles. The van der Waals surface area contributed by atoms with Gasteiger partial charge in [-0.2, -0.15) is 4.31 Å². The average molecular weight is 539 g/mol. The second-order valence-electron chi connectivity index (χ2n) is 7.86. The van der Waals surface area contributed by atoms with Gasteiger partial charge >= 0.3 is 5.97 Å². The third-order valence-corrected chi connectivity index (χ3v) is 9.38. The van der Waals surface area contributed by atoms with Crippen LogP contribution in [-0.4, -0.2) is 85.9 Å². The van der Waals surface area contributed by atoms with Crippen LogP contribution in [0.2, 0.25) is 0 Å². The molecule has 1 aromatic carbocycles. The highest BCUT2D eigenvalue weighted by atomic mass is 32.2. The predicted molar refractivity (Wildman–Crippen MR) is 141 cm³/mol. The second kappa shape index (κ2) is 11.5. The van der Waals surface area contributed by atoms with E-state index in [2.05, 4.69) is 5.32 Å². The van der Waals surface area contributed by atoms with E-state index >= 15 is 0 Å². The largest absolute Gasteiger partial charge is 0.465 e. The molecule has 0 bridgehead atoms. The van der Waals surface area contributed by atoms with Crippen LogP contribution in [-0.2, 0) is 14.8 Å². The van der Waals surface area contributed by atoms with Gasteiger partial charge in [-0.1, -0.05) is 18.2 Å². The fourth-order valence-corrected chi connectivity index (χ4v) is 6.81. The van der Waals surface area contributed by atoms with E-state index in [4.69, 9.17) is 17.0 Å². The number of thiophene rings is 1. The number of sulfonamides is 1. The molecule has 0 atom stereocenters. The van der Waals surface area contributed by atoms with Crippen molar-refractivity contribution < 1.29 is 22.7 Å². The summed E-state index contributed by atoms with van der Waals surface area (Å²) in [4.78, 5) is 29.8. The highest BCUT2D eigenvalue weighted by Crippen LogP contribution is 2.35. The first-order valence-corrected chi connectivity index (χ1v) is 13.9. The highest BCUT2D eigenvalue weighted by Gasteiger charge is 2.31. The number of rotatable bonds is 7. The first kappa shape index (κ1) is 27.1. The zero-order valence-corrected chi connectivity index (χ0v) is 22.7. The van der Waals surface area contributed by atoms with Gasteiger partial charge in [0.2, 0.25) is 10.0 Å². The molecule has 1 N–H and O–H groups in total. The molecule has 3 rings (SSSR count). The number of thiocarbonyl (C=S) groups is 1. The van der Waals surface area contributed by atoms with Gasteiger partial charge in [0.15, 0.2) is 5.11 Å². The van der Waals surface area contributed by atoms with Crippen LogP contribution in [0.15, 0.2) is 35.2 Å². The molecule has 1 aliphatic rings. The van der Waals surface area contributed by atoms with Crippen LogP contribution in [0.1, 0.15) is 39.4 Å². The Labute approximate surface area is 215 Å². The average Bonchev–Trinajstić information content (AvgIpc) is 3.20. The molecule has 35 heavy (non-hydrogen) atoms. The molecule has 12 heteroatoms. The lowest BCUT2D eigenvalue weighted by atomic mass is 10.1. The van der Waals surface area contributed by atoms with Crippen molar-refractivity contribution >= 4 is 55.6 Å². The number of ether oxygens (including phenoxy) is 1. The number of hydrogen-bond donors (Lipinski definition) is 1. The molecule has 1 saturated heterocycles. The van der Waals surface area contributed by atoms with E-state index in [0.29, 0.717) is 46.7 Å². The van der Waals surface area contributed by atoms with Gasteiger partial charge in [-0.15, -0.1) is 11.3 Å². The Morgan fingerprint density at radius 3 is 2.26 bits per heavy atom. The van der Waals surface area contributed by atoms with Crippen molar-refractivity contribution in [2.45, 2.75) is 25.7 Å². The van der Waals surface area contributed by atoms with Gasteiger partial charge in [0, 0.05) is 39.3 Å². The second-order valence-corrected chi connectivity index (χ2v) is 11.2. The normalized spacial score (nSPS) is 14.5. The molecule has 1 aromatic heterocycles. The lowest BCUT2D eigenvalue weighted by Crippen LogP contribution is -2.51. The van der Waals surface area contributed by atoms with Crippen LogP contribution in [0.5, 0.6) is 0 Å². The van der Waals surface area contributed by atoms with E-state index < -0.39 is 16.0 Å². The minimum absolute atomic E-state index is 0.152. The van der Waals surface area contributed by atoms with Gasteiger partial charge in [0.25, 0.3) is 5.91 Å². The Morgan fingerprint density at radius 2 is 1.71 bits per heavy atom. The summed E-state index contributed by atoms with van der Waals surface area (Å²) in [7, 11) is -2.28. The van der Waals surface area contributed by atoms with E-state index in [0.717, 1.165) is 0 Å². The summed E-state index contributed by atoms with van der Waals surface area (Å²) >= 11 is 6.75. The number of methoxy groups -OCH3 is 1. The number of hydrogen-bond acceptors (Lipinski definition) is 7. The van der Waals surface area contributed by atoms with E-state index in [1.165, 1.54) is 22.8 Å². The number of esters is 1. The number of amides is 1. The number of carbonyl (C=O) groups is 2. The quantitative estimate of drug-likeness (QED) is 0.424. The number of piperazine rings is 1. The molecule has 0 radical (unpaired) electrons. The molecule has 0 spiro atoms. The van der Waals surface area contributed by atoms with Crippen LogP contribution in [0.4, 0.5) is 5.00 Å². The smallest absolute Gasteiger partial charge is 0.341 e. The van der Waals surface area contributed by atoms with Crippen molar-refractivity contribution in [1.82, 2.24) is 14.1 Å². The lowest BCUT2D eigenvalue weighted by Gasteiger charge is -2.35. The molecule has 2 heterocycles. The van der Waals surface area contributed by atoms with Crippen molar-refractivity contribution in [3.63, 3.8) is 0 Å². The van der Waals surface area contributed by atoms with Gasteiger partial charge in [0.05, 0.1) is 22.4 Å². The topological polar surface area (TPSA) is 99.3 Å². The SMILES string of the molecule is CCN(CC)C(=O)c1sc(NC(=S)N2CCN(S(=O)(=O)c3ccccc3)CC2)c(C(=O)OC)c1C. The lowest BCUT2D eigenvalue weighted by molar-refractivity contribution is 0.0601. The van der Waals surface area contributed by atoms with Gasteiger partial charge in [-0.25, -0.2) is 13.2 Å². The van der Waals surface area contributed by atoms with E-state index in [1.54, 1.807) is 42.2 Å². The standard InChI is InChI=1S/C23H30N4O5S3/c1-5-25(6-2)21(28)19-16(3)18(22(29)32-4)20(34-19)24-23(33)26-12-14-27(15-13-26)35(30,31)17-10-8-7-9-11-17/h7-11H,5-6,12-15H2,1-4H3,(H,24,33). The minimum atomic E-state index is -3.57. The maximum absolute atomic E-state index is 13.0. The van der Waals surface area contributed by atoms with Gasteiger partial charge < -0.3 is 19.9 Å². The van der Waals surface area contributed by atoms with Crippen LogP contribution in [0.25, 0.3) is 0 Å². The number of carbonyl (C=O) groups excluding carboxylic acids is 2. The van der Waals surface area contributed by atoms with Gasteiger partial charge in [0.1, 0.15) is 5.00 Å². The zero-order chi connectivity index (χ0) is 25.8. The fraction of sp³-hybridized carbons (Fsp3) is 0.435. The summed E-state index contributed by atoms with van der Waals surface area (Å²) in [5.74, 6) is -0.706. The first-order valence-electron chi connectivity index (χ1n) is 11.3. The number of nitrogens with zero attached hydrogens (tertiary/aromatic N) is 3. The molecular formula is C23H30N4O5S3. The van der Waals surface area contributed by atoms with Crippen LogP contribution < -0.4 is 5.32 Å². The number of anilines is 1. The van der Waals surface area contributed by atoms with Crippen molar-refractivity contribution in [3.05, 3.63) is 46.3 Å². The van der Waals surface area contributed by atoms with Crippen LogP contribution >= 0.6 is 23.6 Å². The number of nitrogens with one attached hydrogen (secondary N) is 1. The molecular weight excluding hydrogens is 508 g/mol. The molecule has 1 fully saturated rings. The molecule has 190 valence electrons. The summed E-state index contributed by atoms with van der Waals surface area (Å²) in [6.07, 6.45) is 0. The summed E-state index contributed by atoms with van der Waals surface area (Å²) in [5, 5.41) is 3.90. The van der Waals surface area contributed by atoms with Crippen LogP contribution in [0, 0.1) is 6.92 Å². The van der Waals surface area contributed by atoms with Gasteiger partial charge in [-0.3, -0.25) is 4.79 Å². The Morgan fingerprint density at radius 1 is 1.11 bits per heavy atom. The van der Waals surface area contributed by atoms with E-state index in [-0.39, 0.29) is 29.5 Å². The van der Waals surface area contributed by atoms with Crippen molar-refractivity contribution in [2.24, 2.45) is 0 Å². The third-order valence-electron chi connectivity index (χ3n) is 5.91. The maximum Gasteiger partial charge on any atom is 0.341 e. The molecule has 9 nitrogen and oxygen atoms in total. The Bertz CT molecular complexity index is 1190. The predicted octanol–water partition coefficient (Wildman–Crippen LogP) is 3.03. The van der Waals surface area contributed by atoms with E-state index in [1.807, 2.05) is 18.7 Å². The maximum atomic E-state index is 13.0. The first-order chi connectivity index (χ1) is 16.6. The Hall–Kier alpha value is -2.54. The number of benzene rings is 1. The monoisotopic (exact) mass is 538 g/mol. The highest BCUT2D eigenvalue weighted by molar-refractivity contribution is 7.89. The van der Waals surface area contributed by atoms with Crippen molar-refractivity contribution in [1.29, 1.82) is 0 Å².